The van der Waals surface area contributed by atoms with Crippen LogP contribution in [0.15, 0.2) is 67.3 Å². The molecule has 0 aliphatic rings. The minimum absolute atomic E-state index is 0.00170. The maximum atomic E-state index is 11.1. The Balaban J connectivity index is 2.05. The van der Waals surface area contributed by atoms with Crippen LogP contribution in [0.3, 0.4) is 0 Å². The highest BCUT2D eigenvalue weighted by molar-refractivity contribution is 5.89. The maximum Gasteiger partial charge on any atom is 0.158 e. The number of rotatable bonds is 7. The Hall–Kier alpha value is -2.35. The van der Waals surface area contributed by atoms with Gasteiger partial charge in [0, 0.05) is 11.8 Å². The molecule has 0 aromatic heterocycles. The van der Waals surface area contributed by atoms with Gasteiger partial charge in [0.15, 0.2) is 5.78 Å². The van der Waals surface area contributed by atoms with Crippen molar-refractivity contribution in [3.8, 4) is 5.75 Å². The van der Waals surface area contributed by atoms with E-state index in [-0.39, 0.29) is 11.2 Å². The van der Waals surface area contributed by atoms with Crippen molar-refractivity contribution in [3.05, 3.63) is 78.4 Å². The Bertz CT molecular complexity index is 625. The van der Waals surface area contributed by atoms with Crippen LogP contribution in [0, 0.1) is 0 Å². The molecule has 22 heavy (non-hydrogen) atoms. The number of carbonyl (C=O) groups excluding carboxylic acids is 1. The zero-order valence-corrected chi connectivity index (χ0v) is 13.2. The van der Waals surface area contributed by atoms with Crippen LogP contribution in [0.1, 0.15) is 31.4 Å². The normalized spacial score (nSPS) is 11.0. The van der Waals surface area contributed by atoms with E-state index < -0.39 is 0 Å². The van der Waals surface area contributed by atoms with Crippen molar-refractivity contribution in [3.63, 3.8) is 0 Å². The van der Waals surface area contributed by atoms with Crippen LogP contribution in [0.4, 0.5) is 0 Å². The molecule has 114 valence electrons. The third kappa shape index (κ3) is 3.85. The van der Waals surface area contributed by atoms with Crippen molar-refractivity contribution >= 4 is 5.78 Å². The van der Waals surface area contributed by atoms with Gasteiger partial charge in [-0.25, -0.2) is 0 Å². The van der Waals surface area contributed by atoms with Gasteiger partial charge in [-0.2, -0.15) is 0 Å². The first-order chi connectivity index (χ1) is 10.5. The first-order valence-electron chi connectivity index (χ1n) is 7.48. The Morgan fingerprint density at radius 3 is 2.23 bits per heavy atom. The topological polar surface area (TPSA) is 26.3 Å². The summed E-state index contributed by atoms with van der Waals surface area (Å²) >= 11 is 0. The van der Waals surface area contributed by atoms with Gasteiger partial charge in [-0.15, -0.1) is 0 Å². The van der Waals surface area contributed by atoms with Gasteiger partial charge in [0.2, 0.25) is 0 Å². The summed E-state index contributed by atoms with van der Waals surface area (Å²) in [4.78, 5) is 11.1. The SMILES string of the molecule is C=CC(=O)CCOc1ccc(C(C)(C)c2ccccc2)cc1. The number of hydrogen-bond acceptors (Lipinski definition) is 2. The summed E-state index contributed by atoms with van der Waals surface area (Å²) in [6.45, 7) is 8.25. The van der Waals surface area contributed by atoms with E-state index in [2.05, 4.69) is 56.8 Å². The standard InChI is InChI=1S/C20H22O2/c1-4-18(21)14-15-22-19-12-10-17(11-13-19)20(2,3)16-8-6-5-7-9-16/h4-13H,1,14-15H2,2-3H3. The molecule has 0 spiro atoms. The van der Waals surface area contributed by atoms with Gasteiger partial charge in [-0.3, -0.25) is 4.79 Å². The summed E-state index contributed by atoms with van der Waals surface area (Å²) in [7, 11) is 0. The van der Waals surface area contributed by atoms with E-state index in [0.717, 1.165) is 5.75 Å². The highest BCUT2D eigenvalue weighted by Crippen LogP contribution is 2.32. The van der Waals surface area contributed by atoms with Gasteiger partial charge in [-0.1, -0.05) is 62.9 Å². The molecule has 0 amide bonds. The molecule has 0 unspecified atom stereocenters. The molecular formula is C20H22O2. The second-order valence-corrected chi connectivity index (χ2v) is 5.78. The predicted octanol–water partition coefficient (Wildman–Crippen LogP) is 4.54. The Labute approximate surface area is 132 Å². The minimum Gasteiger partial charge on any atom is -0.493 e. The molecular weight excluding hydrogens is 272 g/mol. The fourth-order valence-corrected chi connectivity index (χ4v) is 2.36. The molecule has 0 aliphatic carbocycles. The van der Waals surface area contributed by atoms with E-state index in [1.807, 2.05) is 18.2 Å². The average molecular weight is 294 g/mol. The van der Waals surface area contributed by atoms with Crippen LogP contribution in [-0.4, -0.2) is 12.4 Å². The lowest BCUT2D eigenvalue weighted by Crippen LogP contribution is -2.18. The zero-order valence-electron chi connectivity index (χ0n) is 13.2. The van der Waals surface area contributed by atoms with Gasteiger partial charge in [0.25, 0.3) is 0 Å². The summed E-state index contributed by atoms with van der Waals surface area (Å²) in [6, 6.07) is 18.5. The number of ketones is 1. The van der Waals surface area contributed by atoms with E-state index in [4.69, 9.17) is 4.74 Å². The van der Waals surface area contributed by atoms with Crippen LogP contribution in [0.5, 0.6) is 5.75 Å². The molecule has 0 saturated carbocycles. The largest absolute Gasteiger partial charge is 0.493 e. The lowest BCUT2D eigenvalue weighted by Gasteiger charge is -2.26. The summed E-state index contributed by atoms with van der Waals surface area (Å²) in [5.74, 6) is 0.784. The monoisotopic (exact) mass is 294 g/mol. The Morgan fingerprint density at radius 2 is 1.64 bits per heavy atom. The molecule has 2 rings (SSSR count). The summed E-state index contributed by atoms with van der Waals surface area (Å²) in [5.41, 5.74) is 2.45. The van der Waals surface area contributed by atoms with Crippen molar-refractivity contribution in [2.24, 2.45) is 0 Å². The number of ether oxygens (including phenoxy) is 1. The van der Waals surface area contributed by atoms with Gasteiger partial charge < -0.3 is 4.74 Å². The summed E-state index contributed by atoms with van der Waals surface area (Å²) in [6.07, 6.45) is 1.69. The number of allylic oxidation sites excluding steroid dienone is 1. The predicted molar refractivity (Wildman–Crippen MR) is 90.3 cm³/mol. The van der Waals surface area contributed by atoms with Crippen molar-refractivity contribution in [1.82, 2.24) is 0 Å². The second kappa shape index (κ2) is 7.08. The Kier molecular flexibility index (Phi) is 5.16. The molecule has 0 N–H and O–H groups in total. The van der Waals surface area contributed by atoms with Crippen LogP contribution < -0.4 is 4.74 Å². The van der Waals surface area contributed by atoms with Gasteiger partial charge in [0.1, 0.15) is 5.75 Å². The highest BCUT2D eigenvalue weighted by atomic mass is 16.5. The highest BCUT2D eigenvalue weighted by Gasteiger charge is 2.22. The number of carbonyl (C=O) groups is 1. The van der Waals surface area contributed by atoms with E-state index in [9.17, 15) is 4.79 Å². The molecule has 0 heterocycles. The van der Waals surface area contributed by atoms with Crippen molar-refractivity contribution in [2.75, 3.05) is 6.61 Å². The van der Waals surface area contributed by atoms with Gasteiger partial charge in [0.05, 0.1) is 6.61 Å². The molecule has 2 aromatic carbocycles. The molecule has 0 atom stereocenters. The lowest BCUT2D eigenvalue weighted by atomic mass is 9.78. The first-order valence-corrected chi connectivity index (χ1v) is 7.48. The molecule has 2 aromatic rings. The molecule has 0 fully saturated rings. The van der Waals surface area contributed by atoms with Crippen molar-refractivity contribution in [2.45, 2.75) is 25.7 Å². The molecule has 0 bridgehead atoms. The van der Waals surface area contributed by atoms with Crippen molar-refractivity contribution in [1.29, 1.82) is 0 Å². The van der Waals surface area contributed by atoms with E-state index in [0.29, 0.717) is 13.0 Å². The first kappa shape index (κ1) is 16.0. The fraction of sp³-hybridized carbons (Fsp3) is 0.250. The molecule has 0 saturated heterocycles. The quantitative estimate of drug-likeness (QED) is 0.701. The Morgan fingerprint density at radius 1 is 1.05 bits per heavy atom. The molecule has 0 radical (unpaired) electrons. The lowest BCUT2D eigenvalue weighted by molar-refractivity contribution is -0.115. The maximum absolute atomic E-state index is 11.1. The van der Waals surface area contributed by atoms with Crippen molar-refractivity contribution < 1.29 is 9.53 Å². The van der Waals surface area contributed by atoms with Crippen LogP contribution in [0.25, 0.3) is 0 Å². The van der Waals surface area contributed by atoms with Crippen LogP contribution >= 0.6 is 0 Å². The number of benzene rings is 2. The molecule has 2 nitrogen and oxygen atoms in total. The summed E-state index contributed by atoms with van der Waals surface area (Å²) < 4.78 is 5.58. The minimum atomic E-state index is -0.0569. The fourth-order valence-electron chi connectivity index (χ4n) is 2.36. The van der Waals surface area contributed by atoms with Crippen LogP contribution in [-0.2, 0) is 10.2 Å². The number of hydrogen-bond donors (Lipinski definition) is 0. The summed E-state index contributed by atoms with van der Waals surface area (Å²) in [5, 5.41) is 0. The smallest absolute Gasteiger partial charge is 0.158 e. The van der Waals surface area contributed by atoms with Gasteiger partial charge >= 0.3 is 0 Å². The molecule has 0 aliphatic heterocycles. The molecule has 2 heteroatoms. The third-order valence-corrected chi connectivity index (χ3v) is 3.92. The average Bonchev–Trinajstić information content (AvgIpc) is 2.56. The van der Waals surface area contributed by atoms with Gasteiger partial charge in [-0.05, 0) is 29.3 Å². The second-order valence-electron chi connectivity index (χ2n) is 5.78. The van der Waals surface area contributed by atoms with E-state index >= 15 is 0 Å². The van der Waals surface area contributed by atoms with Crippen LogP contribution in [0.2, 0.25) is 0 Å². The van der Waals surface area contributed by atoms with E-state index in [1.54, 1.807) is 0 Å². The zero-order chi connectivity index (χ0) is 16.0. The van der Waals surface area contributed by atoms with E-state index in [1.165, 1.54) is 17.2 Å². The third-order valence-electron chi connectivity index (χ3n) is 3.92.